The summed E-state index contributed by atoms with van der Waals surface area (Å²) in [6.45, 7) is 4.75. The summed E-state index contributed by atoms with van der Waals surface area (Å²) >= 11 is 0. The maximum absolute atomic E-state index is 11.1. The molecule has 0 aliphatic heterocycles. The highest BCUT2D eigenvalue weighted by Gasteiger charge is 2.06. The zero-order valence-electron chi connectivity index (χ0n) is 11.2. The first-order chi connectivity index (χ1) is 8.97. The molecule has 0 aliphatic carbocycles. The Bertz CT molecular complexity index is 555. The minimum Gasteiger partial charge on any atom is -0.353 e. The Morgan fingerprint density at radius 2 is 1.95 bits per heavy atom. The maximum atomic E-state index is 11.1. The molecule has 1 aromatic rings. The molecule has 0 aliphatic rings. The minimum absolute atomic E-state index is 0. The number of guanidine groups is 1. The Kier molecular flexibility index (Phi) is 8.42. The quantitative estimate of drug-likeness (QED) is 0.290. The van der Waals surface area contributed by atoms with Crippen LogP contribution in [0.4, 0.5) is 0 Å². The standard InChI is InChI=1S/C12H18N4O2S.HI/c1-3-8-15-12(14-2)16-9-10-4-6-11(7-5-10)19(13,17)18;/h3-7H,1,8-9H2,2H3,(H2,13,17,18)(H2,14,15,16);1H. The second kappa shape index (κ2) is 8.93. The van der Waals surface area contributed by atoms with E-state index < -0.39 is 10.0 Å². The van der Waals surface area contributed by atoms with Crippen LogP contribution in [0.25, 0.3) is 0 Å². The van der Waals surface area contributed by atoms with Crippen LogP contribution in [0.15, 0.2) is 46.8 Å². The van der Waals surface area contributed by atoms with Gasteiger partial charge in [-0.25, -0.2) is 13.6 Å². The van der Waals surface area contributed by atoms with Crippen LogP contribution in [0.3, 0.4) is 0 Å². The first kappa shape index (κ1) is 18.9. The average molecular weight is 410 g/mol. The number of halogens is 1. The van der Waals surface area contributed by atoms with Gasteiger partial charge in [0.2, 0.25) is 10.0 Å². The van der Waals surface area contributed by atoms with Gasteiger partial charge in [0, 0.05) is 20.1 Å². The van der Waals surface area contributed by atoms with Gasteiger partial charge in [0.25, 0.3) is 0 Å². The number of benzene rings is 1. The van der Waals surface area contributed by atoms with E-state index in [2.05, 4.69) is 22.2 Å². The number of hydrogen-bond acceptors (Lipinski definition) is 3. The number of rotatable bonds is 5. The summed E-state index contributed by atoms with van der Waals surface area (Å²) in [5.74, 6) is 0.649. The van der Waals surface area contributed by atoms with Gasteiger partial charge in [-0.2, -0.15) is 0 Å². The summed E-state index contributed by atoms with van der Waals surface area (Å²) in [6.07, 6.45) is 1.73. The fourth-order valence-electron chi connectivity index (χ4n) is 1.37. The van der Waals surface area contributed by atoms with E-state index in [4.69, 9.17) is 5.14 Å². The van der Waals surface area contributed by atoms with Crippen molar-refractivity contribution in [2.45, 2.75) is 11.4 Å². The Balaban J connectivity index is 0.00000361. The lowest BCUT2D eigenvalue weighted by molar-refractivity contribution is 0.597. The average Bonchev–Trinajstić information content (AvgIpc) is 2.38. The van der Waals surface area contributed by atoms with Gasteiger partial charge in [-0.3, -0.25) is 4.99 Å². The van der Waals surface area contributed by atoms with Crippen LogP contribution >= 0.6 is 24.0 Å². The van der Waals surface area contributed by atoms with Crippen LogP contribution in [0.1, 0.15) is 5.56 Å². The van der Waals surface area contributed by atoms with Crippen molar-refractivity contribution in [3.63, 3.8) is 0 Å². The fourth-order valence-corrected chi connectivity index (χ4v) is 1.89. The summed E-state index contributed by atoms with van der Waals surface area (Å²) in [5.41, 5.74) is 0.925. The molecule has 0 aromatic heterocycles. The van der Waals surface area contributed by atoms with Crippen molar-refractivity contribution in [1.82, 2.24) is 10.6 Å². The highest BCUT2D eigenvalue weighted by molar-refractivity contribution is 14.0. The van der Waals surface area contributed by atoms with Gasteiger partial charge in [-0.05, 0) is 17.7 Å². The third-order valence-electron chi connectivity index (χ3n) is 2.35. The van der Waals surface area contributed by atoms with Gasteiger partial charge < -0.3 is 10.6 Å². The molecule has 0 atom stereocenters. The summed E-state index contributed by atoms with van der Waals surface area (Å²) in [6, 6.07) is 6.36. The monoisotopic (exact) mass is 410 g/mol. The molecule has 1 rings (SSSR count). The lowest BCUT2D eigenvalue weighted by Gasteiger charge is -2.10. The molecule has 8 heteroatoms. The van der Waals surface area contributed by atoms with Crippen molar-refractivity contribution >= 4 is 40.0 Å². The number of sulfonamides is 1. The summed E-state index contributed by atoms with van der Waals surface area (Å²) in [4.78, 5) is 4.13. The highest BCUT2D eigenvalue weighted by atomic mass is 127. The van der Waals surface area contributed by atoms with Crippen LogP contribution in [-0.4, -0.2) is 28.0 Å². The van der Waals surface area contributed by atoms with Crippen LogP contribution in [0.2, 0.25) is 0 Å². The summed E-state index contributed by atoms with van der Waals surface area (Å²) < 4.78 is 22.2. The number of aliphatic imine (C=N–C) groups is 1. The molecule has 0 amide bonds. The predicted molar refractivity (Wildman–Crippen MR) is 91.6 cm³/mol. The van der Waals surface area contributed by atoms with E-state index in [0.29, 0.717) is 19.0 Å². The molecule has 0 bridgehead atoms. The smallest absolute Gasteiger partial charge is 0.238 e. The molecule has 112 valence electrons. The molecule has 0 unspecified atom stereocenters. The number of primary sulfonamides is 1. The van der Waals surface area contributed by atoms with E-state index in [1.165, 1.54) is 12.1 Å². The molecule has 0 saturated heterocycles. The molecule has 0 spiro atoms. The number of nitrogens with one attached hydrogen (secondary N) is 2. The van der Waals surface area contributed by atoms with Gasteiger partial charge >= 0.3 is 0 Å². The second-order valence-electron chi connectivity index (χ2n) is 3.78. The first-order valence-electron chi connectivity index (χ1n) is 5.64. The van der Waals surface area contributed by atoms with Crippen molar-refractivity contribution in [3.05, 3.63) is 42.5 Å². The Morgan fingerprint density at radius 1 is 1.35 bits per heavy atom. The normalized spacial score (nSPS) is 11.4. The highest BCUT2D eigenvalue weighted by Crippen LogP contribution is 2.08. The Morgan fingerprint density at radius 3 is 2.40 bits per heavy atom. The van der Waals surface area contributed by atoms with Crippen LogP contribution in [0.5, 0.6) is 0 Å². The molecular weight excluding hydrogens is 391 g/mol. The fraction of sp³-hybridized carbons (Fsp3) is 0.250. The summed E-state index contributed by atoms with van der Waals surface area (Å²) in [5, 5.41) is 11.1. The SMILES string of the molecule is C=CCNC(=NC)NCc1ccc(S(N)(=O)=O)cc1.I. The molecule has 6 nitrogen and oxygen atoms in total. The number of hydrogen-bond donors (Lipinski definition) is 3. The Labute approximate surface area is 136 Å². The molecule has 1 aromatic carbocycles. The molecular formula is C12H19IN4O2S. The number of nitrogens with two attached hydrogens (primary N) is 1. The van der Waals surface area contributed by atoms with Crippen molar-refractivity contribution in [2.24, 2.45) is 10.1 Å². The number of nitrogens with zero attached hydrogens (tertiary/aromatic N) is 1. The topological polar surface area (TPSA) is 96.6 Å². The predicted octanol–water partition coefficient (Wildman–Crippen LogP) is 0.803. The third-order valence-corrected chi connectivity index (χ3v) is 3.28. The molecule has 4 N–H and O–H groups in total. The first-order valence-corrected chi connectivity index (χ1v) is 7.19. The van der Waals surface area contributed by atoms with Crippen molar-refractivity contribution < 1.29 is 8.42 Å². The Hall–Kier alpha value is -1.13. The van der Waals surface area contributed by atoms with Crippen LogP contribution in [0, 0.1) is 0 Å². The molecule has 0 fully saturated rings. The van der Waals surface area contributed by atoms with Crippen molar-refractivity contribution in [1.29, 1.82) is 0 Å². The minimum atomic E-state index is -3.64. The van der Waals surface area contributed by atoms with Gasteiger partial charge in [0.15, 0.2) is 5.96 Å². The zero-order valence-corrected chi connectivity index (χ0v) is 14.3. The molecule has 20 heavy (non-hydrogen) atoms. The van der Waals surface area contributed by atoms with Crippen LogP contribution < -0.4 is 15.8 Å². The lowest BCUT2D eigenvalue weighted by atomic mass is 10.2. The van der Waals surface area contributed by atoms with Crippen molar-refractivity contribution in [2.75, 3.05) is 13.6 Å². The second-order valence-corrected chi connectivity index (χ2v) is 5.35. The molecule has 0 saturated carbocycles. The molecule has 0 heterocycles. The van der Waals surface area contributed by atoms with E-state index in [9.17, 15) is 8.42 Å². The van der Waals surface area contributed by atoms with Crippen LogP contribution in [-0.2, 0) is 16.6 Å². The maximum Gasteiger partial charge on any atom is 0.238 e. The van der Waals surface area contributed by atoms with E-state index >= 15 is 0 Å². The third kappa shape index (κ3) is 6.35. The zero-order chi connectivity index (χ0) is 14.3. The summed E-state index contributed by atoms with van der Waals surface area (Å²) in [7, 11) is -1.97. The van der Waals surface area contributed by atoms with Gasteiger partial charge in [0.1, 0.15) is 0 Å². The largest absolute Gasteiger partial charge is 0.353 e. The van der Waals surface area contributed by atoms with E-state index in [1.807, 2.05) is 0 Å². The van der Waals surface area contributed by atoms with E-state index in [1.54, 1.807) is 25.3 Å². The van der Waals surface area contributed by atoms with Gasteiger partial charge in [-0.1, -0.05) is 18.2 Å². The van der Waals surface area contributed by atoms with E-state index in [-0.39, 0.29) is 28.9 Å². The van der Waals surface area contributed by atoms with Gasteiger partial charge in [0.05, 0.1) is 4.90 Å². The molecule has 0 radical (unpaired) electrons. The van der Waals surface area contributed by atoms with E-state index in [0.717, 1.165) is 5.56 Å². The van der Waals surface area contributed by atoms with Gasteiger partial charge in [-0.15, -0.1) is 30.6 Å². The lowest BCUT2D eigenvalue weighted by Crippen LogP contribution is -2.36. The van der Waals surface area contributed by atoms with Crippen molar-refractivity contribution in [3.8, 4) is 0 Å².